The molecule has 9 heteroatoms. The highest BCUT2D eigenvalue weighted by atomic mass is 127. The third kappa shape index (κ3) is 9.99. The van der Waals surface area contributed by atoms with Gasteiger partial charge >= 0.3 is 0 Å². The normalized spacial score (nSPS) is 15.7. The maximum atomic E-state index is 13.0. The smallest absolute Gasteiger partial charge is 0.224 e. The van der Waals surface area contributed by atoms with E-state index in [0.29, 0.717) is 25.0 Å². The molecular formula is C23H39FIN5O2. The summed E-state index contributed by atoms with van der Waals surface area (Å²) >= 11 is 0. The molecule has 1 aliphatic heterocycles. The first-order valence-electron chi connectivity index (χ1n) is 11.3. The first kappa shape index (κ1) is 28.6. The van der Waals surface area contributed by atoms with E-state index in [1.54, 1.807) is 19.2 Å². The molecule has 1 saturated heterocycles. The average Bonchev–Trinajstić information content (AvgIpc) is 2.80. The molecule has 1 unspecified atom stereocenters. The van der Waals surface area contributed by atoms with E-state index in [1.807, 2.05) is 0 Å². The molecule has 1 aromatic carbocycles. The first-order chi connectivity index (χ1) is 15.1. The van der Waals surface area contributed by atoms with Gasteiger partial charge in [0.05, 0.1) is 19.6 Å². The lowest BCUT2D eigenvalue weighted by Gasteiger charge is -2.39. The van der Waals surface area contributed by atoms with Gasteiger partial charge in [-0.05, 0) is 23.6 Å². The summed E-state index contributed by atoms with van der Waals surface area (Å²) in [6, 6.07) is 6.43. The molecule has 0 radical (unpaired) electrons. The van der Waals surface area contributed by atoms with Crippen LogP contribution in [0.2, 0.25) is 0 Å². The van der Waals surface area contributed by atoms with Crippen LogP contribution in [-0.2, 0) is 16.0 Å². The second kappa shape index (κ2) is 16.2. The van der Waals surface area contributed by atoms with Crippen molar-refractivity contribution in [3.63, 3.8) is 0 Å². The molecule has 0 spiro atoms. The summed E-state index contributed by atoms with van der Waals surface area (Å²) in [6.07, 6.45) is 2.53. The number of hydrogen-bond donors (Lipinski definition) is 3. The van der Waals surface area contributed by atoms with Crippen molar-refractivity contribution in [3.8, 4) is 0 Å². The summed E-state index contributed by atoms with van der Waals surface area (Å²) in [5, 5.41) is 9.60. The van der Waals surface area contributed by atoms with Gasteiger partial charge in [0.25, 0.3) is 0 Å². The Kier molecular flexibility index (Phi) is 14.5. The Morgan fingerprint density at radius 3 is 2.31 bits per heavy atom. The Morgan fingerprint density at radius 2 is 1.72 bits per heavy atom. The summed E-state index contributed by atoms with van der Waals surface area (Å²) < 4.78 is 18.5. The number of nitrogens with zero attached hydrogens (tertiary/aromatic N) is 2. The van der Waals surface area contributed by atoms with Crippen LogP contribution in [0.25, 0.3) is 0 Å². The van der Waals surface area contributed by atoms with Gasteiger partial charge in [-0.3, -0.25) is 14.7 Å². The first-order valence-corrected chi connectivity index (χ1v) is 11.3. The van der Waals surface area contributed by atoms with Crippen molar-refractivity contribution in [1.29, 1.82) is 0 Å². The van der Waals surface area contributed by atoms with Gasteiger partial charge in [-0.2, -0.15) is 0 Å². The minimum atomic E-state index is -0.299. The molecule has 0 saturated carbocycles. The van der Waals surface area contributed by atoms with Gasteiger partial charge in [-0.25, -0.2) is 4.39 Å². The predicted octanol–water partition coefficient (Wildman–Crippen LogP) is 2.40. The zero-order valence-electron chi connectivity index (χ0n) is 19.5. The minimum Gasteiger partial charge on any atom is -0.379 e. The standard InChI is InChI=1S/C23H38FN5O2.HI/c1-4-19(5-2)21(29-12-14-31-15-13-29)17-28-23(25-3)27-11-10-26-22(30)16-18-6-8-20(24)9-7-18;/h6-9,19,21H,4-5,10-17H2,1-3H3,(H,26,30)(H2,25,27,28);1H. The van der Waals surface area contributed by atoms with Gasteiger partial charge in [0.2, 0.25) is 5.91 Å². The Labute approximate surface area is 209 Å². The number of nitrogens with one attached hydrogen (secondary N) is 3. The molecule has 1 aromatic rings. The van der Waals surface area contributed by atoms with E-state index in [9.17, 15) is 9.18 Å². The third-order valence-electron chi connectivity index (χ3n) is 5.83. The molecule has 0 aliphatic carbocycles. The number of amides is 1. The van der Waals surface area contributed by atoms with E-state index in [0.717, 1.165) is 57.2 Å². The number of hydrogen-bond acceptors (Lipinski definition) is 4. The van der Waals surface area contributed by atoms with Crippen molar-refractivity contribution in [2.45, 2.75) is 39.2 Å². The predicted molar refractivity (Wildman–Crippen MR) is 138 cm³/mol. The Morgan fingerprint density at radius 1 is 1.09 bits per heavy atom. The van der Waals surface area contributed by atoms with E-state index in [1.165, 1.54) is 12.1 Å². The molecule has 2 rings (SSSR count). The summed E-state index contributed by atoms with van der Waals surface area (Å²) in [4.78, 5) is 18.9. The lowest BCUT2D eigenvalue weighted by molar-refractivity contribution is -0.120. The molecule has 0 aromatic heterocycles. The van der Waals surface area contributed by atoms with E-state index in [2.05, 4.69) is 39.7 Å². The quantitative estimate of drug-likeness (QED) is 0.167. The lowest BCUT2D eigenvalue weighted by Crippen LogP contribution is -2.53. The Bertz CT molecular complexity index is 679. The van der Waals surface area contributed by atoms with Crippen LogP contribution in [0.5, 0.6) is 0 Å². The maximum absolute atomic E-state index is 13.0. The van der Waals surface area contributed by atoms with Gasteiger partial charge in [0, 0.05) is 45.8 Å². The van der Waals surface area contributed by atoms with Crippen LogP contribution < -0.4 is 16.0 Å². The monoisotopic (exact) mass is 563 g/mol. The number of carbonyl (C=O) groups is 1. The topological polar surface area (TPSA) is 78.0 Å². The van der Waals surface area contributed by atoms with Gasteiger partial charge < -0.3 is 20.7 Å². The van der Waals surface area contributed by atoms with Crippen LogP contribution >= 0.6 is 24.0 Å². The molecule has 1 aliphatic rings. The zero-order chi connectivity index (χ0) is 22.5. The summed E-state index contributed by atoms with van der Waals surface area (Å²) in [7, 11) is 1.75. The molecule has 182 valence electrons. The van der Waals surface area contributed by atoms with E-state index in [4.69, 9.17) is 4.74 Å². The second-order valence-electron chi connectivity index (χ2n) is 7.83. The fourth-order valence-electron chi connectivity index (χ4n) is 3.99. The Hall–Kier alpha value is -1.46. The van der Waals surface area contributed by atoms with Crippen molar-refractivity contribution in [1.82, 2.24) is 20.9 Å². The number of carbonyl (C=O) groups excluding carboxylic acids is 1. The molecular weight excluding hydrogens is 524 g/mol. The summed E-state index contributed by atoms with van der Waals surface area (Å²) in [6.45, 7) is 9.91. The largest absolute Gasteiger partial charge is 0.379 e. The van der Waals surface area contributed by atoms with Crippen molar-refractivity contribution < 1.29 is 13.9 Å². The van der Waals surface area contributed by atoms with Crippen molar-refractivity contribution in [2.75, 3.05) is 53.0 Å². The Balaban J connectivity index is 0.00000512. The number of rotatable bonds is 11. The highest BCUT2D eigenvalue weighted by molar-refractivity contribution is 14.0. The van der Waals surface area contributed by atoms with Gasteiger partial charge in [-0.15, -0.1) is 24.0 Å². The molecule has 7 nitrogen and oxygen atoms in total. The third-order valence-corrected chi connectivity index (χ3v) is 5.83. The fraction of sp³-hybridized carbons (Fsp3) is 0.652. The summed E-state index contributed by atoms with van der Waals surface area (Å²) in [5.74, 6) is 0.969. The number of aliphatic imine (C=N–C) groups is 1. The molecule has 0 bridgehead atoms. The van der Waals surface area contributed by atoms with Crippen LogP contribution in [0.3, 0.4) is 0 Å². The maximum Gasteiger partial charge on any atom is 0.224 e. The SMILES string of the molecule is CCC(CC)C(CNC(=NC)NCCNC(=O)Cc1ccc(F)cc1)N1CCOCC1.I. The fourth-order valence-corrected chi connectivity index (χ4v) is 3.99. The molecule has 3 N–H and O–H groups in total. The van der Waals surface area contributed by atoms with Gasteiger partial charge in [0.15, 0.2) is 5.96 Å². The number of ether oxygens (including phenoxy) is 1. The number of morpholine rings is 1. The minimum absolute atomic E-state index is 0. The van der Waals surface area contributed by atoms with Crippen LogP contribution in [-0.4, -0.2) is 75.8 Å². The molecule has 32 heavy (non-hydrogen) atoms. The number of halogens is 2. The van der Waals surface area contributed by atoms with Crippen LogP contribution in [0.4, 0.5) is 4.39 Å². The van der Waals surface area contributed by atoms with Crippen LogP contribution in [0, 0.1) is 11.7 Å². The van der Waals surface area contributed by atoms with E-state index >= 15 is 0 Å². The average molecular weight is 564 g/mol. The van der Waals surface area contributed by atoms with Crippen molar-refractivity contribution >= 4 is 35.8 Å². The highest BCUT2D eigenvalue weighted by Gasteiger charge is 2.26. The molecule has 1 amide bonds. The molecule has 1 heterocycles. The summed E-state index contributed by atoms with van der Waals surface area (Å²) in [5.41, 5.74) is 0.792. The second-order valence-corrected chi connectivity index (χ2v) is 7.83. The van der Waals surface area contributed by atoms with Gasteiger partial charge in [-0.1, -0.05) is 38.8 Å². The lowest BCUT2D eigenvalue weighted by atomic mass is 9.92. The van der Waals surface area contributed by atoms with E-state index in [-0.39, 0.29) is 42.1 Å². The van der Waals surface area contributed by atoms with E-state index < -0.39 is 0 Å². The van der Waals surface area contributed by atoms with Crippen molar-refractivity contribution in [2.24, 2.45) is 10.9 Å². The van der Waals surface area contributed by atoms with Crippen LogP contribution in [0.15, 0.2) is 29.3 Å². The van der Waals surface area contributed by atoms with Crippen molar-refractivity contribution in [3.05, 3.63) is 35.6 Å². The van der Waals surface area contributed by atoms with Crippen LogP contribution in [0.1, 0.15) is 32.3 Å². The molecule has 1 fully saturated rings. The highest BCUT2D eigenvalue weighted by Crippen LogP contribution is 2.19. The number of guanidine groups is 1. The molecule has 1 atom stereocenters. The van der Waals surface area contributed by atoms with Gasteiger partial charge in [0.1, 0.15) is 5.82 Å². The zero-order valence-corrected chi connectivity index (χ0v) is 21.9. The number of benzene rings is 1.